The third-order valence-corrected chi connectivity index (χ3v) is 3.93. The first-order valence-electron chi connectivity index (χ1n) is 6.72. The normalized spacial score (nSPS) is 10.4. The molecular formula is C18H20O2. The van der Waals surface area contributed by atoms with Crippen LogP contribution in [0.15, 0.2) is 30.3 Å². The van der Waals surface area contributed by atoms with Crippen molar-refractivity contribution in [3.8, 4) is 5.75 Å². The number of benzene rings is 2. The molecule has 0 saturated heterocycles. The molecule has 2 aromatic rings. The van der Waals surface area contributed by atoms with E-state index in [1.165, 1.54) is 0 Å². The molecule has 0 aromatic heterocycles. The van der Waals surface area contributed by atoms with Gasteiger partial charge in [-0.25, -0.2) is 0 Å². The molecule has 20 heavy (non-hydrogen) atoms. The largest absolute Gasteiger partial charge is 0.497 e. The molecule has 0 atom stereocenters. The molecule has 2 rings (SSSR count). The minimum absolute atomic E-state index is 0.0608. The smallest absolute Gasteiger partial charge is 0.193 e. The summed E-state index contributed by atoms with van der Waals surface area (Å²) in [5.74, 6) is 0.765. The zero-order valence-electron chi connectivity index (χ0n) is 12.7. The Bertz CT molecular complexity index is 643. The Morgan fingerprint density at radius 3 is 2.10 bits per heavy atom. The van der Waals surface area contributed by atoms with Crippen LogP contribution >= 0.6 is 0 Å². The van der Waals surface area contributed by atoms with Crippen LogP contribution in [0.5, 0.6) is 5.75 Å². The predicted octanol–water partition coefficient (Wildman–Crippen LogP) is 4.16. The van der Waals surface area contributed by atoms with Gasteiger partial charge < -0.3 is 4.74 Å². The van der Waals surface area contributed by atoms with E-state index in [4.69, 9.17) is 4.74 Å². The highest BCUT2D eigenvalue weighted by molar-refractivity contribution is 6.11. The van der Waals surface area contributed by atoms with E-state index >= 15 is 0 Å². The quantitative estimate of drug-likeness (QED) is 0.781. The second-order valence-electron chi connectivity index (χ2n) is 5.20. The maximum atomic E-state index is 12.8. The molecule has 2 nitrogen and oxygen atoms in total. The molecule has 0 fully saturated rings. The van der Waals surface area contributed by atoms with Crippen LogP contribution in [0.2, 0.25) is 0 Å². The third-order valence-electron chi connectivity index (χ3n) is 3.93. The number of hydrogen-bond acceptors (Lipinski definition) is 2. The minimum Gasteiger partial charge on any atom is -0.497 e. The minimum atomic E-state index is 0.0608. The summed E-state index contributed by atoms with van der Waals surface area (Å²) in [7, 11) is 1.61. The van der Waals surface area contributed by atoms with E-state index in [1.807, 2.05) is 45.9 Å². The van der Waals surface area contributed by atoms with Crippen LogP contribution in [0.25, 0.3) is 0 Å². The van der Waals surface area contributed by atoms with Gasteiger partial charge in [-0.15, -0.1) is 0 Å². The average molecular weight is 268 g/mol. The van der Waals surface area contributed by atoms with Gasteiger partial charge in [0.2, 0.25) is 0 Å². The highest BCUT2D eigenvalue weighted by Crippen LogP contribution is 2.25. The average Bonchev–Trinajstić information content (AvgIpc) is 2.45. The number of hydrogen-bond donors (Lipinski definition) is 0. The maximum Gasteiger partial charge on any atom is 0.193 e. The summed E-state index contributed by atoms with van der Waals surface area (Å²) in [6.07, 6.45) is 0. The molecule has 0 radical (unpaired) electrons. The summed E-state index contributed by atoms with van der Waals surface area (Å²) in [6, 6.07) is 9.45. The van der Waals surface area contributed by atoms with Crippen LogP contribution in [0.4, 0.5) is 0 Å². The summed E-state index contributed by atoms with van der Waals surface area (Å²) in [5.41, 5.74) is 5.90. The topological polar surface area (TPSA) is 26.3 Å². The Morgan fingerprint density at radius 2 is 1.55 bits per heavy atom. The molecule has 0 saturated carbocycles. The molecule has 2 aromatic carbocycles. The molecule has 0 amide bonds. The van der Waals surface area contributed by atoms with Crippen molar-refractivity contribution < 1.29 is 9.53 Å². The standard InChI is InChI=1S/C18H20O2/c1-11-9-12(2)14(4)17(13(11)3)18(19)15-7-6-8-16(10-15)20-5/h6-10H,1-5H3. The number of ether oxygens (including phenoxy) is 1. The molecule has 104 valence electrons. The van der Waals surface area contributed by atoms with Gasteiger partial charge in [0.05, 0.1) is 7.11 Å². The first-order chi connectivity index (χ1) is 9.45. The van der Waals surface area contributed by atoms with E-state index in [0.29, 0.717) is 11.3 Å². The highest BCUT2D eigenvalue weighted by Gasteiger charge is 2.17. The van der Waals surface area contributed by atoms with E-state index in [0.717, 1.165) is 27.8 Å². The van der Waals surface area contributed by atoms with Gasteiger partial charge in [-0.1, -0.05) is 18.2 Å². The van der Waals surface area contributed by atoms with Gasteiger partial charge >= 0.3 is 0 Å². The first kappa shape index (κ1) is 14.3. The van der Waals surface area contributed by atoms with E-state index < -0.39 is 0 Å². The summed E-state index contributed by atoms with van der Waals surface area (Å²) in [6.45, 7) is 8.11. The van der Waals surface area contributed by atoms with E-state index in [2.05, 4.69) is 6.07 Å². The lowest BCUT2D eigenvalue weighted by Gasteiger charge is -2.14. The molecule has 0 spiro atoms. The Kier molecular flexibility index (Phi) is 3.93. The van der Waals surface area contributed by atoms with Crippen LogP contribution in [0, 0.1) is 27.7 Å². The predicted molar refractivity (Wildman–Crippen MR) is 81.8 cm³/mol. The fourth-order valence-electron chi connectivity index (χ4n) is 2.47. The molecule has 0 bridgehead atoms. The van der Waals surface area contributed by atoms with Crippen molar-refractivity contribution in [3.63, 3.8) is 0 Å². The Hall–Kier alpha value is -2.09. The molecule has 2 heteroatoms. The summed E-state index contributed by atoms with van der Waals surface area (Å²) in [4.78, 5) is 12.8. The molecule has 0 aliphatic heterocycles. The van der Waals surface area contributed by atoms with E-state index in [9.17, 15) is 4.79 Å². The monoisotopic (exact) mass is 268 g/mol. The van der Waals surface area contributed by atoms with Crippen molar-refractivity contribution in [2.75, 3.05) is 7.11 Å². The lowest BCUT2D eigenvalue weighted by molar-refractivity contribution is 0.103. The van der Waals surface area contributed by atoms with Gasteiger partial charge in [0, 0.05) is 11.1 Å². The highest BCUT2D eigenvalue weighted by atomic mass is 16.5. The van der Waals surface area contributed by atoms with Gasteiger partial charge in [-0.3, -0.25) is 4.79 Å². The van der Waals surface area contributed by atoms with E-state index in [-0.39, 0.29) is 5.78 Å². The number of methoxy groups -OCH3 is 1. The number of carbonyl (C=O) groups excluding carboxylic acids is 1. The zero-order valence-corrected chi connectivity index (χ0v) is 12.7. The van der Waals surface area contributed by atoms with Crippen LogP contribution in [-0.4, -0.2) is 12.9 Å². The second kappa shape index (κ2) is 5.49. The van der Waals surface area contributed by atoms with E-state index in [1.54, 1.807) is 13.2 Å². The van der Waals surface area contributed by atoms with Crippen molar-refractivity contribution in [1.29, 1.82) is 0 Å². The van der Waals surface area contributed by atoms with Crippen molar-refractivity contribution in [3.05, 3.63) is 63.7 Å². The van der Waals surface area contributed by atoms with Crippen LogP contribution in [-0.2, 0) is 0 Å². The SMILES string of the molecule is COc1cccc(C(=O)c2c(C)c(C)cc(C)c2C)c1. The lowest BCUT2D eigenvalue weighted by atomic mass is 9.89. The third kappa shape index (κ3) is 2.46. The summed E-state index contributed by atoms with van der Waals surface area (Å²) >= 11 is 0. The number of aryl methyl sites for hydroxylation is 2. The fraction of sp³-hybridized carbons (Fsp3) is 0.278. The Labute approximate surface area is 120 Å². The first-order valence-corrected chi connectivity index (χ1v) is 6.72. The molecule has 0 N–H and O–H groups in total. The van der Waals surface area contributed by atoms with Gasteiger partial charge in [0.1, 0.15) is 5.75 Å². The number of carbonyl (C=O) groups is 1. The van der Waals surface area contributed by atoms with Crippen molar-refractivity contribution in [2.24, 2.45) is 0 Å². The van der Waals surface area contributed by atoms with Gasteiger partial charge in [-0.05, 0) is 62.1 Å². The maximum absolute atomic E-state index is 12.8. The fourth-order valence-corrected chi connectivity index (χ4v) is 2.47. The van der Waals surface area contributed by atoms with Crippen LogP contribution in [0.1, 0.15) is 38.2 Å². The van der Waals surface area contributed by atoms with Crippen molar-refractivity contribution >= 4 is 5.78 Å². The number of ketones is 1. The summed E-state index contributed by atoms with van der Waals surface area (Å²) < 4.78 is 5.20. The van der Waals surface area contributed by atoms with Gasteiger partial charge in [0.15, 0.2) is 5.78 Å². The molecule has 0 unspecified atom stereocenters. The van der Waals surface area contributed by atoms with Crippen molar-refractivity contribution in [2.45, 2.75) is 27.7 Å². The van der Waals surface area contributed by atoms with Gasteiger partial charge in [-0.2, -0.15) is 0 Å². The molecule has 0 aliphatic rings. The second-order valence-corrected chi connectivity index (χ2v) is 5.20. The Balaban J connectivity index is 2.59. The summed E-state index contributed by atoms with van der Waals surface area (Å²) in [5, 5.41) is 0. The Morgan fingerprint density at radius 1 is 0.950 bits per heavy atom. The number of rotatable bonds is 3. The van der Waals surface area contributed by atoms with Crippen molar-refractivity contribution in [1.82, 2.24) is 0 Å². The molecular weight excluding hydrogens is 248 g/mol. The molecule has 0 aliphatic carbocycles. The van der Waals surface area contributed by atoms with Crippen LogP contribution in [0.3, 0.4) is 0 Å². The zero-order chi connectivity index (χ0) is 14.9. The molecule has 0 heterocycles. The lowest BCUT2D eigenvalue weighted by Crippen LogP contribution is -2.09. The van der Waals surface area contributed by atoms with Gasteiger partial charge in [0.25, 0.3) is 0 Å². The van der Waals surface area contributed by atoms with Crippen LogP contribution < -0.4 is 4.74 Å².